The van der Waals surface area contributed by atoms with Crippen molar-refractivity contribution in [2.45, 2.75) is 64.0 Å². The number of carbonyl (C=O) groups excluding carboxylic acids is 1. The van der Waals surface area contributed by atoms with Crippen molar-refractivity contribution >= 4 is 11.6 Å². The molecule has 3 heterocycles. The van der Waals surface area contributed by atoms with Crippen LogP contribution >= 0.6 is 0 Å². The highest BCUT2D eigenvalue weighted by Crippen LogP contribution is 2.32. The number of fused-ring (bicyclic) bond motifs is 1. The second-order valence-corrected chi connectivity index (χ2v) is 9.91. The number of hydrogen-bond donors (Lipinski definition) is 1. The summed E-state index contributed by atoms with van der Waals surface area (Å²) in [5.41, 5.74) is 5.71. The molecular formula is C27H36N4O2. The summed E-state index contributed by atoms with van der Waals surface area (Å²) < 4.78 is 2.25. The van der Waals surface area contributed by atoms with Gasteiger partial charge in [-0.05, 0) is 69.4 Å². The normalized spacial score (nSPS) is 19.7. The summed E-state index contributed by atoms with van der Waals surface area (Å²) in [6, 6.07) is 9.63. The lowest BCUT2D eigenvalue weighted by Crippen LogP contribution is -2.38. The fraction of sp³-hybridized carbons (Fsp3) is 0.556. The summed E-state index contributed by atoms with van der Waals surface area (Å²) in [5, 5.41) is 14.9. The second-order valence-electron chi connectivity index (χ2n) is 9.91. The Kier molecular flexibility index (Phi) is 6.54. The lowest BCUT2D eigenvalue weighted by Gasteiger charge is -2.32. The van der Waals surface area contributed by atoms with Gasteiger partial charge in [0.25, 0.3) is 5.91 Å². The van der Waals surface area contributed by atoms with Crippen molar-refractivity contribution < 1.29 is 9.90 Å². The predicted octanol–water partition coefficient (Wildman–Crippen LogP) is 3.74. The van der Waals surface area contributed by atoms with Crippen LogP contribution in [0.3, 0.4) is 0 Å². The highest BCUT2D eigenvalue weighted by atomic mass is 16.3. The van der Waals surface area contributed by atoms with Crippen molar-refractivity contribution in [1.82, 2.24) is 19.6 Å². The van der Waals surface area contributed by atoms with E-state index in [0.29, 0.717) is 5.92 Å². The lowest BCUT2D eigenvalue weighted by molar-refractivity contribution is 0.0684. The molecular weight excluding hydrogens is 412 g/mol. The highest BCUT2D eigenvalue weighted by molar-refractivity contribution is 5.94. The van der Waals surface area contributed by atoms with E-state index in [1.54, 1.807) is 0 Å². The fourth-order valence-corrected chi connectivity index (χ4v) is 5.70. The number of amides is 1. The third-order valence-electron chi connectivity index (χ3n) is 7.80. The summed E-state index contributed by atoms with van der Waals surface area (Å²) in [6.45, 7) is 8.76. The van der Waals surface area contributed by atoms with E-state index in [-0.39, 0.29) is 12.0 Å². The standard InChI is InChI=1S/C27H36N4O2/c1-20(29-17-13-23(32)14-18-29)26-24-8-5-9-25(24)31(28-26)19-12-21-10-15-30(16-11-21)27(33)22-6-3-2-4-7-22/h2-4,6-7,21,23,32H,1,5,8-19H2. The number of aliphatic hydroxyl groups excluding tert-OH is 1. The molecule has 33 heavy (non-hydrogen) atoms. The zero-order chi connectivity index (χ0) is 22.8. The lowest BCUT2D eigenvalue weighted by atomic mass is 9.93. The molecule has 2 aromatic rings. The van der Waals surface area contributed by atoms with Gasteiger partial charge in [-0.25, -0.2) is 0 Å². The summed E-state index contributed by atoms with van der Waals surface area (Å²) in [7, 11) is 0. The first-order valence-electron chi connectivity index (χ1n) is 12.7. The molecule has 6 nitrogen and oxygen atoms in total. The molecule has 2 fully saturated rings. The molecule has 3 aliphatic rings. The zero-order valence-corrected chi connectivity index (χ0v) is 19.6. The summed E-state index contributed by atoms with van der Waals surface area (Å²) in [5.74, 6) is 0.800. The van der Waals surface area contributed by atoms with Crippen LogP contribution in [0.5, 0.6) is 0 Å². The van der Waals surface area contributed by atoms with Gasteiger partial charge in [-0.1, -0.05) is 24.8 Å². The Bertz CT molecular complexity index is 983. The largest absolute Gasteiger partial charge is 0.393 e. The van der Waals surface area contributed by atoms with Gasteiger partial charge in [-0.2, -0.15) is 5.10 Å². The number of nitrogens with zero attached hydrogens (tertiary/aromatic N) is 4. The number of rotatable bonds is 6. The average Bonchev–Trinajstić information content (AvgIpc) is 3.47. The van der Waals surface area contributed by atoms with Crippen LogP contribution in [0, 0.1) is 5.92 Å². The van der Waals surface area contributed by atoms with E-state index in [1.807, 2.05) is 35.2 Å². The van der Waals surface area contributed by atoms with Crippen molar-refractivity contribution in [2.24, 2.45) is 5.92 Å². The molecule has 0 atom stereocenters. The SMILES string of the molecule is C=C(c1nn(CCC2CCN(C(=O)c3ccccc3)CC2)c2c1CCC2)N1CCC(O)CC1. The first kappa shape index (κ1) is 22.2. The van der Waals surface area contributed by atoms with E-state index < -0.39 is 0 Å². The van der Waals surface area contributed by atoms with Crippen LogP contribution < -0.4 is 0 Å². The first-order valence-corrected chi connectivity index (χ1v) is 12.7. The van der Waals surface area contributed by atoms with E-state index in [4.69, 9.17) is 5.10 Å². The van der Waals surface area contributed by atoms with Gasteiger partial charge in [-0.15, -0.1) is 0 Å². The number of aryl methyl sites for hydroxylation is 1. The summed E-state index contributed by atoms with van der Waals surface area (Å²) in [6.07, 6.45) is 8.11. The molecule has 2 aliphatic heterocycles. The Morgan fingerprint density at radius 1 is 1.00 bits per heavy atom. The number of aromatic nitrogens is 2. The third kappa shape index (κ3) is 4.72. The van der Waals surface area contributed by atoms with Gasteiger partial charge >= 0.3 is 0 Å². The molecule has 1 aromatic carbocycles. The topological polar surface area (TPSA) is 61.6 Å². The highest BCUT2D eigenvalue weighted by Gasteiger charge is 2.28. The Labute approximate surface area is 196 Å². The van der Waals surface area contributed by atoms with Crippen molar-refractivity contribution in [3.63, 3.8) is 0 Å². The monoisotopic (exact) mass is 448 g/mol. The Hall–Kier alpha value is -2.60. The van der Waals surface area contributed by atoms with Gasteiger partial charge in [0.05, 0.1) is 11.8 Å². The molecule has 1 N–H and O–H groups in total. The number of hydrogen-bond acceptors (Lipinski definition) is 4. The molecule has 2 saturated heterocycles. The minimum absolute atomic E-state index is 0.160. The fourth-order valence-electron chi connectivity index (χ4n) is 5.70. The number of likely N-dealkylation sites (tertiary alicyclic amines) is 2. The quantitative estimate of drug-likeness (QED) is 0.731. The van der Waals surface area contributed by atoms with E-state index in [2.05, 4.69) is 16.2 Å². The molecule has 0 saturated carbocycles. The van der Waals surface area contributed by atoms with Gasteiger partial charge in [0.1, 0.15) is 5.69 Å². The number of piperidine rings is 2. The Morgan fingerprint density at radius 3 is 2.42 bits per heavy atom. The van der Waals surface area contributed by atoms with Crippen LogP contribution in [0.1, 0.15) is 65.8 Å². The van der Waals surface area contributed by atoms with Crippen LogP contribution in [0.2, 0.25) is 0 Å². The molecule has 6 heteroatoms. The predicted molar refractivity (Wildman–Crippen MR) is 130 cm³/mol. The summed E-state index contributed by atoms with van der Waals surface area (Å²) in [4.78, 5) is 17.0. The second kappa shape index (κ2) is 9.72. The first-order chi connectivity index (χ1) is 16.1. The molecule has 0 radical (unpaired) electrons. The van der Waals surface area contributed by atoms with Crippen LogP contribution in [0.4, 0.5) is 0 Å². The van der Waals surface area contributed by atoms with Crippen molar-refractivity contribution in [3.8, 4) is 0 Å². The molecule has 0 spiro atoms. The van der Waals surface area contributed by atoms with Crippen molar-refractivity contribution in [3.05, 3.63) is 59.4 Å². The Morgan fingerprint density at radius 2 is 1.70 bits per heavy atom. The molecule has 1 aliphatic carbocycles. The number of benzene rings is 1. The summed E-state index contributed by atoms with van der Waals surface area (Å²) >= 11 is 0. The number of carbonyl (C=O) groups is 1. The van der Waals surface area contributed by atoms with E-state index >= 15 is 0 Å². The Balaban J connectivity index is 1.18. The molecule has 5 rings (SSSR count). The maximum absolute atomic E-state index is 12.7. The van der Waals surface area contributed by atoms with Crippen LogP contribution in [0.15, 0.2) is 36.9 Å². The molecule has 0 unspecified atom stereocenters. The maximum Gasteiger partial charge on any atom is 0.253 e. The van der Waals surface area contributed by atoms with Gasteiger partial charge in [0.2, 0.25) is 0 Å². The van der Waals surface area contributed by atoms with Crippen molar-refractivity contribution in [2.75, 3.05) is 26.2 Å². The average molecular weight is 449 g/mol. The van der Waals surface area contributed by atoms with Gasteiger partial charge in [-0.3, -0.25) is 9.48 Å². The van der Waals surface area contributed by atoms with Gasteiger partial charge in [0.15, 0.2) is 0 Å². The molecule has 1 aromatic heterocycles. The zero-order valence-electron chi connectivity index (χ0n) is 19.6. The minimum Gasteiger partial charge on any atom is -0.393 e. The van der Waals surface area contributed by atoms with Crippen LogP contribution in [-0.4, -0.2) is 62.9 Å². The smallest absolute Gasteiger partial charge is 0.253 e. The number of aliphatic hydroxyl groups is 1. The van der Waals surface area contributed by atoms with E-state index in [0.717, 1.165) is 94.6 Å². The van der Waals surface area contributed by atoms with Crippen molar-refractivity contribution in [1.29, 1.82) is 0 Å². The third-order valence-corrected chi connectivity index (χ3v) is 7.80. The van der Waals surface area contributed by atoms with E-state index in [1.165, 1.54) is 17.7 Å². The molecule has 1 amide bonds. The van der Waals surface area contributed by atoms with Crippen LogP contribution in [-0.2, 0) is 19.4 Å². The molecule has 0 bridgehead atoms. The minimum atomic E-state index is -0.174. The maximum atomic E-state index is 12.7. The van der Waals surface area contributed by atoms with Crippen LogP contribution in [0.25, 0.3) is 5.70 Å². The van der Waals surface area contributed by atoms with Gasteiger partial charge in [0, 0.05) is 49.5 Å². The molecule has 176 valence electrons. The van der Waals surface area contributed by atoms with Gasteiger partial charge < -0.3 is 14.9 Å². The van der Waals surface area contributed by atoms with E-state index in [9.17, 15) is 9.90 Å².